The molecule has 0 aliphatic heterocycles. The quantitative estimate of drug-likeness (QED) is 0.645. The van der Waals surface area contributed by atoms with Gasteiger partial charge in [0, 0.05) is 5.69 Å². The van der Waals surface area contributed by atoms with Gasteiger partial charge in [-0.15, -0.1) is 0 Å². The maximum atomic E-state index is 12.8. The Morgan fingerprint density at radius 2 is 1.61 bits per heavy atom. The standard InChI is InChI=1S/C20H21N3O3S2/c1-12-10-13(2)17(14(3)11-12)22-19(24)18-15(4)21-20(27-18)23-28(25,26)16-8-6-5-7-9-16/h5-11H,1-4H3,(H,21,23)(H,22,24). The number of nitrogens with one attached hydrogen (secondary N) is 2. The van der Waals surface area contributed by atoms with Crippen molar-refractivity contribution in [2.24, 2.45) is 0 Å². The zero-order valence-electron chi connectivity index (χ0n) is 16.0. The molecule has 2 aromatic carbocycles. The Balaban J connectivity index is 1.84. The molecule has 0 atom stereocenters. The molecule has 0 fully saturated rings. The van der Waals surface area contributed by atoms with Crippen LogP contribution >= 0.6 is 11.3 Å². The fourth-order valence-electron chi connectivity index (χ4n) is 2.97. The topological polar surface area (TPSA) is 88.2 Å². The number of carbonyl (C=O) groups is 1. The number of aromatic nitrogens is 1. The van der Waals surface area contributed by atoms with Crippen LogP contribution in [0, 0.1) is 27.7 Å². The number of aryl methyl sites for hydroxylation is 4. The number of nitrogens with zero attached hydrogens (tertiary/aromatic N) is 1. The van der Waals surface area contributed by atoms with Crippen molar-refractivity contribution in [3.8, 4) is 0 Å². The maximum absolute atomic E-state index is 12.8. The first-order valence-corrected chi connectivity index (χ1v) is 10.9. The molecule has 0 unspecified atom stereocenters. The number of hydrogen-bond acceptors (Lipinski definition) is 5. The highest BCUT2D eigenvalue weighted by molar-refractivity contribution is 7.93. The van der Waals surface area contributed by atoms with Crippen molar-refractivity contribution < 1.29 is 13.2 Å². The molecular weight excluding hydrogens is 394 g/mol. The molecule has 2 N–H and O–H groups in total. The van der Waals surface area contributed by atoms with Crippen molar-refractivity contribution in [3.05, 3.63) is 69.7 Å². The third-order valence-electron chi connectivity index (χ3n) is 4.19. The van der Waals surface area contributed by atoms with Gasteiger partial charge in [0.1, 0.15) is 4.88 Å². The van der Waals surface area contributed by atoms with Crippen molar-refractivity contribution in [2.45, 2.75) is 32.6 Å². The third kappa shape index (κ3) is 4.23. The third-order valence-corrected chi connectivity index (χ3v) is 6.75. The van der Waals surface area contributed by atoms with Crippen LogP contribution in [0.15, 0.2) is 47.4 Å². The van der Waals surface area contributed by atoms with E-state index in [-0.39, 0.29) is 15.9 Å². The van der Waals surface area contributed by atoms with Gasteiger partial charge in [-0.25, -0.2) is 13.4 Å². The summed E-state index contributed by atoms with van der Waals surface area (Å²) in [6, 6.07) is 12.0. The monoisotopic (exact) mass is 415 g/mol. The summed E-state index contributed by atoms with van der Waals surface area (Å²) < 4.78 is 27.4. The Morgan fingerprint density at radius 1 is 1.00 bits per heavy atom. The Labute approximate surface area is 168 Å². The van der Waals surface area contributed by atoms with E-state index in [0.717, 1.165) is 33.7 Å². The smallest absolute Gasteiger partial charge is 0.267 e. The van der Waals surface area contributed by atoms with E-state index in [2.05, 4.69) is 15.0 Å². The fourth-order valence-corrected chi connectivity index (χ4v) is 5.09. The second-order valence-corrected chi connectivity index (χ2v) is 9.26. The van der Waals surface area contributed by atoms with Gasteiger partial charge in [-0.05, 0) is 51.0 Å². The van der Waals surface area contributed by atoms with Gasteiger partial charge < -0.3 is 5.32 Å². The van der Waals surface area contributed by atoms with Crippen LogP contribution in [0.2, 0.25) is 0 Å². The molecule has 6 nitrogen and oxygen atoms in total. The van der Waals surface area contributed by atoms with Crippen LogP contribution in [0.25, 0.3) is 0 Å². The summed E-state index contributed by atoms with van der Waals surface area (Å²) in [7, 11) is -3.75. The number of rotatable bonds is 5. The first-order valence-electron chi connectivity index (χ1n) is 8.62. The van der Waals surface area contributed by atoms with Crippen molar-refractivity contribution in [1.82, 2.24) is 4.98 Å². The van der Waals surface area contributed by atoms with E-state index in [1.54, 1.807) is 25.1 Å². The summed E-state index contributed by atoms with van der Waals surface area (Å²) in [6.45, 7) is 7.56. The van der Waals surface area contributed by atoms with Crippen molar-refractivity contribution in [3.63, 3.8) is 0 Å². The summed E-state index contributed by atoms with van der Waals surface area (Å²) in [5, 5.41) is 3.08. The van der Waals surface area contributed by atoms with Crippen LogP contribution in [0.5, 0.6) is 0 Å². The predicted octanol–water partition coefficient (Wildman–Crippen LogP) is 4.43. The van der Waals surface area contributed by atoms with Gasteiger partial charge in [0.15, 0.2) is 5.13 Å². The van der Waals surface area contributed by atoms with Crippen molar-refractivity contribution in [1.29, 1.82) is 0 Å². The second kappa shape index (κ2) is 7.73. The van der Waals surface area contributed by atoms with Gasteiger partial charge in [0.25, 0.3) is 15.9 Å². The molecule has 1 aromatic heterocycles. The molecule has 3 aromatic rings. The number of thiazole rings is 1. The highest BCUT2D eigenvalue weighted by Gasteiger charge is 2.21. The van der Waals surface area contributed by atoms with E-state index in [1.807, 2.05) is 32.9 Å². The maximum Gasteiger partial charge on any atom is 0.267 e. The largest absolute Gasteiger partial charge is 0.321 e. The lowest BCUT2D eigenvalue weighted by Gasteiger charge is -2.12. The first-order chi connectivity index (χ1) is 13.2. The summed E-state index contributed by atoms with van der Waals surface area (Å²) in [6.07, 6.45) is 0. The molecule has 146 valence electrons. The molecule has 1 amide bonds. The fraction of sp³-hybridized carbons (Fsp3) is 0.200. The summed E-state index contributed by atoms with van der Waals surface area (Å²) in [4.78, 5) is 17.5. The normalized spacial score (nSPS) is 11.3. The van der Waals surface area contributed by atoms with Crippen LogP contribution in [0.3, 0.4) is 0 Å². The number of hydrogen-bond donors (Lipinski definition) is 2. The molecule has 0 aliphatic carbocycles. The first kappa shape index (κ1) is 20.0. The van der Waals surface area contributed by atoms with E-state index in [1.165, 1.54) is 12.1 Å². The lowest BCUT2D eigenvalue weighted by Crippen LogP contribution is -2.13. The average molecular weight is 416 g/mol. The molecule has 0 spiro atoms. The molecule has 0 aliphatic rings. The molecule has 0 radical (unpaired) electrons. The molecule has 3 rings (SSSR count). The summed E-state index contributed by atoms with van der Waals surface area (Å²) in [5.41, 5.74) is 4.29. The van der Waals surface area contributed by atoms with Crippen LogP contribution in [0.4, 0.5) is 10.8 Å². The number of benzene rings is 2. The molecule has 1 heterocycles. The lowest BCUT2D eigenvalue weighted by atomic mass is 10.1. The predicted molar refractivity (Wildman–Crippen MR) is 113 cm³/mol. The lowest BCUT2D eigenvalue weighted by molar-refractivity contribution is 0.102. The van der Waals surface area contributed by atoms with Gasteiger partial charge >= 0.3 is 0 Å². The van der Waals surface area contributed by atoms with Crippen molar-refractivity contribution >= 4 is 38.1 Å². The molecule has 0 saturated heterocycles. The number of carbonyl (C=O) groups excluding carboxylic acids is 1. The number of anilines is 2. The summed E-state index contributed by atoms with van der Waals surface area (Å²) in [5.74, 6) is -0.310. The SMILES string of the molecule is Cc1cc(C)c(NC(=O)c2sc(NS(=O)(=O)c3ccccc3)nc2C)c(C)c1. The van der Waals surface area contributed by atoms with Crippen LogP contribution in [0.1, 0.15) is 32.1 Å². The molecule has 0 bridgehead atoms. The minimum absolute atomic E-state index is 0.139. The van der Waals surface area contributed by atoms with Gasteiger partial charge in [-0.1, -0.05) is 47.2 Å². The molecule has 28 heavy (non-hydrogen) atoms. The van der Waals surface area contributed by atoms with Crippen LogP contribution < -0.4 is 10.0 Å². The van der Waals surface area contributed by atoms with Gasteiger partial charge in [-0.3, -0.25) is 9.52 Å². The minimum Gasteiger partial charge on any atom is -0.321 e. The Morgan fingerprint density at radius 3 is 2.21 bits per heavy atom. The molecule has 8 heteroatoms. The van der Waals surface area contributed by atoms with E-state index in [9.17, 15) is 13.2 Å². The average Bonchev–Trinajstić information content (AvgIpc) is 2.98. The summed E-state index contributed by atoms with van der Waals surface area (Å²) >= 11 is 1.01. The van der Waals surface area contributed by atoms with E-state index in [4.69, 9.17) is 0 Å². The van der Waals surface area contributed by atoms with E-state index >= 15 is 0 Å². The highest BCUT2D eigenvalue weighted by Crippen LogP contribution is 2.28. The van der Waals surface area contributed by atoms with Crippen molar-refractivity contribution in [2.75, 3.05) is 10.0 Å². The zero-order chi connectivity index (χ0) is 20.5. The van der Waals surface area contributed by atoms with Crippen LogP contribution in [-0.4, -0.2) is 19.3 Å². The molecule has 0 saturated carbocycles. The van der Waals surface area contributed by atoms with E-state index in [0.29, 0.717) is 10.6 Å². The minimum atomic E-state index is -3.75. The Hall–Kier alpha value is -2.71. The highest BCUT2D eigenvalue weighted by atomic mass is 32.2. The number of amides is 1. The van der Waals surface area contributed by atoms with Crippen LogP contribution in [-0.2, 0) is 10.0 Å². The van der Waals surface area contributed by atoms with Gasteiger partial charge in [0.05, 0.1) is 10.6 Å². The zero-order valence-corrected chi connectivity index (χ0v) is 17.7. The Kier molecular flexibility index (Phi) is 5.53. The van der Waals surface area contributed by atoms with Gasteiger partial charge in [-0.2, -0.15) is 0 Å². The second-order valence-electron chi connectivity index (χ2n) is 6.58. The van der Waals surface area contributed by atoms with Gasteiger partial charge in [0.2, 0.25) is 0 Å². The molecular formula is C20H21N3O3S2. The Bertz CT molecular complexity index is 1110. The van der Waals surface area contributed by atoms with E-state index < -0.39 is 10.0 Å². The number of sulfonamides is 1.